The van der Waals surface area contributed by atoms with Gasteiger partial charge in [-0.15, -0.1) is 0 Å². The van der Waals surface area contributed by atoms with Crippen molar-refractivity contribution in [1.82, 2.24) is 4.57 Å². The lowest BCUT2D eigenvalue weighted by atomic mass is 10.1. The summed E-state index contributed by atoms with van der Waals surface area (Å²) in [6.07, 6.45) is 3.20. The molecule has 0 aliphatic heterocycles. The maximum absolute atomic E-state index is 12.7. The molecule has 6 aromatic rings. The molecule has 0 saturated carbocycles. The van der Waals surface area contributed by atoms with Crippen LogP contribution >= 0.6 is 0 Å². The Kier molecular flexibility index (Phi) is 4.56. The molecule has 3 aromatic heterocycles. The fraction of sp³-hybridized carbons (Fsp3) is 0.0345. The third kappa shape index (κ3) is 3.35. The Hall–Kier alpha value is -4.64. The van der Waals surface area contributed by atoms with Crippen molar-refractivity contribution in [2.24, 2.45) is 0 Å². The molecule has 0 spiro atoms. The normalized spacial score (nSPS) is 11.8. The molecule has 5 heteroatoms. The van der Waals surface area contributed by atoms with Crippen LogP contribution in [0.5, 0.6) is 0 Å². The van der Waals surface area contributed by atoms with Crippen LogP contribution < -0.4 is 11.1 Å². The first-order valence-corrected chi connectivity index (χ1v) is 10.9. The van der Waals surface area contributed by atoms with Crippen molar-refractivity contribution in [2.45, 2.75) is 6.92 Å². The van der Waals surface area contributed by atoms with E-state index in [1.807, 2.05) is 42.5 Å². The van der Waals surface area contributed by atoms with E-state index >= 15 is 0 Å². The minimum absolute atomic E-state index is 0.147. The number of hydrogen-bond donors (Lipinski definition) is 0. The topological polar surface area (TPSA) is 65.3 Å². The van der Waals surface area contributed by atoms with Crippen LogP contribution in [0.4, 0.5) is 0 Å². The Morgan fingerprint density at radius 1 is 0.735 bits per heavy atom. The predicted molar refractivity (Wildman–Crippen MR) is 135 cm³/mol. The summed E-state index contributed by atoms with van der Waals surface area (Å²) in [5.74, 6) is 0.890. The summed E-state index contributed by atoms with van der Waals surface area (Å²) < 4.78 is 13.4. The van der Waals surface area contributed by atoms with Crippen LogP contribution in [-0.4, -0.2) is 4.57 Å². The van der Waals surface area contributed by atoms with Crippen LogP contribution in [-0.2, 0) is 0 Å². The van der Waals surface area contributed by atoms with Gasteiger partial charge in [-0.3, -0.25) is 4.79 Å². The van der Waals surface area contributed by atoms with Crippen molar-refractivity contribution in [3.8, 4) is 5.69 Å². The first-order valence-electron chi connectivity index (χ1n) is 10.9. The fourth-order valence-electron chi connectivity index (χ4n) is 4.45. The first kappa shape index (κ1) is 20.0. The van der Waals surface area contributed by atoms with Crippen LogP contribution in [0.2, 0.25) is 0 Å². The van der Waals surface area contributed by atoms with Gasteiger partial charge in [0.2, 0.25) is 0 Å². The summed E-state index contributed by atoms with van der Waals surface area (Å²) in [5, 5.41) is 3.14. The van der Waals surface area contributed by atoms with Crippen LogP contribution in [0.15, 0.2) is 103 Å². The zero-order chi connectivity index (χ0) is 23.2. The number of hydrogen-bond acceptors (Lipinski definition) is 4. The highest BCUT2D eigenvalue weighted by Crippen LogP contribution is 2.32. The van der Waals surface area contributed by atoms with Crippen LogP contribution in [0, 0.1) is 6.92 Å². The lowest BCUT2D eigenvalue weighted by Gasteiger charge is -2.09. The van der Waals surface area contributed by atoms with Gasteiger partial charge >= 0.3 is 5.63 Å². The van der Waals surface area contributed by atoms with Gasteiger partial charge in [0.15, 0.2) is 5.43 Å². The molecule has 0 fully saturated rings. The maximum atomic E-state index is 12.7. The number of nitrogens with zero attached hydrogens (tertiary/aromatic N) is 1. The third-order valence-corrected chi connectivity index (χ3v) is 5.92. The van der Waals surface area contributed by atoms with Gasteiger partial charge in [-0.1, -0.05) is 36.4 Å². The van der Waals surface area contributed by atoms with Crippen LogP contribution in [0.25, 0.3) is 50.6 Å². The highest BCUT2D eigenvalue weighted by molar-refractivity contribution is 6.09. The number of para-hydroxylation sites is 2. The third-order valence-electron chi connectivity index (χ3n) is 5.92. The van der Waals surface area contributed by atoms with Crippen molar-refractivity contribution >= 4 is 44.9 Å². The molecule has 5 nitrogen and oxygen atoms in total. The Bertz CT molecular complexity index is 1810. The number of aromatic nitrogens is 1. The Balaban J connectivity index is 1.47. The molecular formula is C29H19NO4. The summed E-state index contributed by atoms with van der Waals surface area (Å²) in [5.41, 5.74) is 3.36. The fourth-order valence-corrected chi connectivity index (χ4v) is 4.45. The van der Waals surface area contributed by atoms with E-state index in [9.17, 15) is 9.59 Å². The smallest absolute Gasteiger partial charge is 0.343 e. The van der Waals surface area contributed by atoms with Crippen molar-refractivity contribution < 1.29 is 8.83 Å². The summed E-state index contributed by atoms with van der Waals surface area (Å²) in [4.78, 5) is 24.4. The van der Waals surface area contributed by atoms with Gasteiger partial charge in [0, 0.05) is 40.0 Å². The standard InChI is InChI=1S/C29H19NO4/c1-18-14-22(31)17-23(33-18)13-11-20-15-19-10-12-21(16-28(19)34-29(20)32)30-26-8-4-2-6-24(26)25-7-3-5-9-27(25)30/h2-17H,1H3/b13-11+. The summed E-state index contributed by atoms with van der Waals surface area (Å²) in [6.45, 7) is 1.71. The summed E-state index contributed by atoms with van der Waals surface area (Å²) in [6, 6.07) is 27.0. The van der Waals surface area contributed by atoms with Gasteiger partial charge in [-0.2, -0.15) is 0 Å². The van der Waals surface area contributed by atoms with E-state index in [0.717, 1.165) is 22.1 Å². The molecule has 0 bridgehead atoms. The highest BCUT2D eigenvalue weighted by atomic mass is 16.4. The molecule has 0 N–H and O–H groups in total. The van der Waals surface area contributed by atoms with E-state index < -0.39 is 5.63 Å². The molecule has 0 radical (unpaired) electrons. The van der Waals surface area contributed by atoms with E-state index in [1.54, 1.807) is 25.1 Å². The van der Waals surface area contributed by atoms with Crippen molar-refractivity contribution in [3.05, 3.63) is 123 Å². The van der Waals surface area contributed by atoms with Crippen molar-refractivity contribution in [1.29, 1.82) is 0 Å². The molecule has 3 aromatic carbocycles. The van der Waals surface area contributed by atoms with Gasteiger partial charge in [0.05, 0.1) is 16.6 Å². The minimum atomic E-state index is -0.460. The second kappa shape index (κ2) is 7.74. The van der Waals surface area contributed by atoms with Gasteiger partial charge < -0.3 is 13.4 Å². The summed E-state index contributed by atoms with van der Waals surface area (Å²) in [7, 11) is 0. The van der Waals surface area contributed by atoms with Gasteiger partial charge in [0.1, 0.15) is 17.1 Å². The van der Waals surface area contributed by atoms with E-state index in [1.165, 1.54) is 22.9 Å². The molecule has 34 heavy (non-hydrogen) atoms. The number of rotatable bonds is 3. The van der Waals surface area contributed by atoms with Crippen molar-refractivity contribution in [3.63, 3.8) is 0 Å². The van der Waals surface area contributed by atoms with E-state index in [2.05, 4.69) is 28.8 Å². The first-order chi connectivity index (χ1) is 16.6. The highest BCUT2D eigenvalue weighted by Gasteiger charge is 2.12. The largest absolute Gasteiger partial charge is 0.462 e. The molecule has 0 amide bonds. The molecule has 164 valence electrons. The molecule has 0 unspecified atom stereocenters. The zero-order valence-corrected chi connectivity index (χ0v) is 18.3. The monoisotopic (exact) mass is 445 g/mol. The van der Waals surface area contributed by atoms with Gasteiger partial charge in [-0.25, -0.2) is 4.79 Å². The van der Waals surface area contributed by atoms with E-state index in [0.29, 0.717) is 22.7 Å². The molecule has 6 rings (SSSR count). The second-order valence-corrected chi connectivity index (χ2v) is 8.22. The SMILES string of the molecule is Cc1cc(=O)cc(/C=C/c2cc3ccc(-n4c5ccccc5c5ccccc54)cc3oc2=O)o1. The van der Waals surface area contributed by atoms with E-state index in [4.69, 9.17) is 8.83 Å². The molecule has 0 aliphatic carbocycles. The Morgan fingerprint density at radius 2 is 1.44 bits per heavy atom. The lowest BCUT2D eigenvalue weighted by molar-refractivity contribution is 0.505. The Labute approximate surface area is 193 Å². The van der Waals surface area contributed by atoms with E-state index in [-0.39, 0.29) is 5.43 Å². The lowest BCUT2D eigenvalue weighted by Crippen LogP contribution is -2.03. The quantitative estimate of drug-likeness (QED) is 0.299. The van der Waals surface area contributed by atoms with Crippen LogP contribution in [0.3, 0.4) is 0 Å². The van der Waals surface area contributed by atoms with Gasteiger partial charge in [0.25, 0.3) is 0 Å². The molecule has 3 heterocycles. The van der Waals surface area contributed by atoms with Crippen molar-refractivity contribution in [2.75, 3.05) is 0 Å². The maximum Gasteiger partial charge on any atom is 0.343 e. The molecule has 0 aliphatic rings. The molecular weight excluding hydrogens is 426 g/mol. The number of benzene rings is 3. The van der Waals surface area contributed by atoms with Crippen LogP contribution in [0.1, 0.15) is 17.1 Å². The number of aryl methyl sites for hydroxylation is 1. The zero-order valence-electron chi connectivity index (χ0n) is 18.3. The predicted octanol–water partition coefficient (Wildman–Crippen LogP) is 6.32. The minimum Gasteiger partial charge on any atom is -0.462 e. The molecule has 0 atom stereocenters. The average molecular weight is 445 g/mol. The summed E-state index contributed by atoms with van der Waals surface area (Å²) >= 11 is 0. The second-order valence-electron chi connectivity index (χ2n) is 8.22. The average Bonchev–Trinajstić information content (AvgIpc) is 3.16. The molecule has 0 saturated heterocycles. The Morgan fingerprint density at radius 3 is 2.15 bits per heavy atom. The number of fused-ring (bicyclic) bond motifs is 4. The van der Waals surface area contributed by atoms with Gasteiger partial charge in [-0.05, 0) is 49.4 Å².